The first-order valence-electron chi connectivity index (χ1n) is 8.09. The molecule has 1 aliphatic heterocycles. The Morgan fingerprint density at radius 2 is 1.88 bits per heavy atom. The lowest BCUT2D eigenvalue weighted by atomic mass is 9.96. The Kier molecular flexibility index (Phi) is 5.97. The Morgan fingerprint density at radius 1 is 1.29 bits per heavy atom. The van der Waals surface area contributed by atoms with Crippen molar-refractivity contribution in [3.05, 3.63) is 35.4 Å². The largest absolute Gasteiger partial charge is 0.341 e. The van der Waals surface area contributed by atoms with Gasteiger partial charge in [-0.2, -0.15) is 5.26 Å². The highest BCUT2D eigenvalue weighted by Gasteiger charge is 2.31. The van der Waals surface area contributed by atoms with Crippen LogP contribution in [0.15, 0.2) is 24.3 Å². The molecule has 0 N–H and O–H groups in total. The van der Waals surface area contributed by atoms with Crippen LogP contribution in [0.1, 0.15) is 30.9 Å². The minimum atomic E-state index is -3.16. The summed E-state index contributed by atoms with van der Waals surface area (Å²) in [6.45, 7) is 2.95. The number of benzene rings is 1. The van der Waals surface area contributed by atoms with E-state index in [0.717, 1.165) is 5.56 Å². The molecule has 1 amide bonds. The Labute approximate surface area is 143 Å². The summed E-state index contributed by atoms with van der Waals surface area (Å²) in [5.41, 5.74) is 1.56. The van der Waals surface area contributed by atoms with Crippen LogP contribution >= 0.6 is 0 Å². The molecule has 130 valence electrons. The molecule has 1 aromatic carbocycles. The van der Waals surface area contributed by atoms with E-state index >= 15 is 0 Å². The molecule has 0 bridgehead atoms. The van der Waals surface area contributed by atoms with Crippen LogP contribution in [0.4, 0.5) is 0 Å². The number of sulfonamides is 1. The van der Waals surface area contributed by atoms with Crippen LogP contribution in [0.25, 0.3) is 0 Å². The van der Waals surface area contributed by atoms with E-state index in [-0.39, 0.29) is 17.6 Å². The number of rotatable bonds is 5. The summed E-state index contributed by atoms with van der Waals surface area (Å²) in [5.74, 6) is 0.0223. The van der Waals surface area contributed by atoms with Crippen LogP contribution in [-0.4, -0.2) is 49.4 Å². The average molecular weight is 349 g/mol. The van der Waals surface area contributed by atoms with Crippen molar-refractivity contribution in [2.45, 2.75) is 26.3 Å². The Bertz CT molecular complexity index is 714. The third kappa shape index (κ3) is 4.34. The summed E-state index contributed by atoms with van der Waals surface area (Å²) in [4.78, 5) is 14.2. The summed E-state index contributed by atoms with van der Waals surface area (Å²) in [5, 5.41) is 8.80. The van der Waals surface area contributed by atoms with Crippen LogP contribution in [0, 0.1) is 17.2 Å². The van der Waals surface area contributed by atoms with Gasteiger partial charge in [-0.3, -0.25) is 4.79 Å². The Morgan fingerprint density at radius 3 is 2.38 bits per heavy atom. The van der Waals surface area contributed by atoms with Gasteiger partial charge in [-0.15, -0.1) is 0 Å². The highest BCUT2D eigenvalue weighted by Crippen LogP contribution is 2.22. The van der Waals surface area contributed by atoms with E-state index in [2.05, 4.69) is 6.07 Å². The zero-order chi connectivity index (χ0) is 17.7. The van der Waals surface area contributed by atoms with Crippen LogP contribution in [0.3, 0.4) is 0 Å². The summed E-state index contributed by atoms with van der Waals surface area (Å²) in [7, 11) is -1.40. The molecule has 0 aliphatic carbocycles. The van der Waals surface area contributed by atoms with E-state index in [9.17, 15) is 13.2 Å². The Hall–Kier alpha value is -1.91. The van der Waals surface area contributed by atoms with Crippen molar-refractivity contribution in [2.75, 3.05) is 25.9 Å². The third-order valence-corrected chi connectivity index (χ3v) is 6.32. The standard InChI is InChI=1S/C17H23N3O3S/c1-3-24(22,23)20-10-8-16(9-11-20)17(21)19(2)13-15-6-4-14(12-18)5-7-15/h4-7,16H,3,8-11,13H2,1-2H3. The maximum Gasteiger partial charge on any atom is 0.225 e. The van der Waals surface area contributed by atoms with E-state index in [0.29, 0.717) is 38.0 Å². The van der Waals surface area contributed by atoms with Crippen molar-refractivity contribution in [1.82, 2.24) is 9.21 Å². The molecule has 1 aliphatic rings. The number of nitriles is 1. The molecule has 1 aromatic rings. The van der Waals surface area contributed by atoms with E-state index < -0.39 is 10.0 Å². The summed E-state index contributed by atoms with van der Waals surface area (Å²) >= 11 is 0. The average Bonchev–Trinajstić information content (AvgIpc) is 2.61. The Balaban J connectivity index is 1.91. The van der Waals surface area contributed by atoms with Gasteiger partial charge >= 0.3 is 0 Å². The van der Waals surface area contributed by atoms with Crippen molar-refractivity contribution in [3.8, 4) is 6.07 Å². The van der Waals surface area contributed by atoms with Crippen LogP contribution < -0.4 is 0 Å². The van der Waals surface area contributed by atoms with Crippen molar-refractivity contribution >= 4 is 15.9 Å². The van der Waals surface area contributed by atoms with Crippen molar-refractivity contribution in [1.29, 1.82) is 5.26 Å². The van der Waals surface area contributed by atoms with Crippen LogP contribution in [-0.2, 0) is 21.4 Å². The maximum absolute atomic E-state index is 12.6. The fourth-order valence-corrected chi connectivity index (χ4v) is 4.04. The zero-order valence-corrected chi connectivity index (χ0v) is 14.9. The number of carbonyl (C=O) groups excluding carboxylic acids is 1. The minimum Gasteiger partial charge on any atom is -0.341 e. The summed E-state index contributed by atoms with van der Waals surface area (Å²) in [6.07, 6.45) is 1.13. The lowest BCUT2D eigenvalue weighted by molar-refractivity contribution is -0.135. The molecule has 1 saturated heterocycles. The molecule has 1 heterocycles. The first kappa shape index (κ1) is 18.4. The van der Waals surface area contributed by atoms with Gasteiger partial charge in [0.1, 0.15) is 0 Å². The quantitative estimate of drug-likeness (QED) is 0.808. The molecular weight excluding hydrogens is 326 g/mol. The maximum atomic E-state index is 12.6. The van der Waals surface area contributed by atoms with E-state index in [1.165, 1.54) is 4.31 Å². The smallest absolute Gasteiger partial charge is 0.225 e. The van der Waals surface area contributed by atoms with Gasteiger partial charge in [-0.1, -0.05) is 12.1 Å². The molecule has 6 nitrogen and oxygen atoms in total. The number of hydrogen-bond acceptors (Lipinski definition) is 4. The molecular formula is C17H23N3O3S. The number of amides is 1. The van der Waals surface area contributed by atoms with E-state index in [4.69, 9.17) is 5.26 Å². The topological polar surface area (TPSA) is 81.5 Å². The molecule has 0 spiro atoms. The van der Waals surface area contributed by atoms with Gasteiger partial charge in [0.2, 0.25) is 15.9 Å². The van der Waals surface area contributed by atoms with Crippen molar-refractivity contribution in [2.24, 2.45) is 5.92 Å². The van der Waals surface area contributed by atoms with Gasteiger partial charge in [0, 0.05) is 32.6 Å². The molecule has 7 heteroatoms. The second-order valence-corrected chi connectivity index (χ2v) is 8.33. The van der Waals surface area contributed by atoms with Gasteiger partial charge < -0.3 is 4.90 Å². The predicted octanol–water partition coefficient (Wildman–Crippen LogP) is 1.58. The predicted molar refractivity (Wildman–Crippen MR) is 91.4 cm³/mol. The van der Waals surface area contributed by atoms with Gasteiger partial charge in [-0.05, 0) is 37.5 Å². The molecule has 0 unspecified atom stereocenters. The number of piperidine rings is 1. The second-order valence-electron chi connectivity index (χ2n) is 6.08. The van der Waals surface area contributed by atoms with Gasteiger partial charge in [0.25, 0.3) is 0 Å². The highest BCUT2D eigenvalue weighted by atomic mass is 32.2. The molecule has 2 rings (SSSR count). The van der Waals surface area contributed by atoms with E-state index in [1.807, 2.05) is 12.1 Å². The van der Waals surface area contributed by atoms with Crippen molar-refractivity contribution < 1.29 is 13.2 Å². The van der Waals surface area contributed by atoms with Crippen molar-refractivity contribution in [3.63, 3.8) is 0 Å². The lowest BCUT2D eigenvalue weighted by Gasteiger charge is -2.32. The fourth-order valence-electron chi connectivity index (χ4n) is 2.91. The van der Waals surface area contributed by atoms with Gasteiger partial charge in [0.15, 0.2) is 0 Å². The van der Waals surface area contributed by atoms with E-state index in [1.54, 1.807) is 31.0 Å². The first-order chi connectivity index (χ1) is 11.4. The molecule has 1 fully saturated rings. The molecule has 0 saturated carbocycles. The normalized spacial score (nSPS) is 16.5. The molecule has 0 radical (unpaired) electrons. The third-order valence-electron chi connectivity index (χ3n) is 4.44. The highest BCUT2D eigenvalue weighted by molar-refractivity contribution is 7.89. The van der Waals surface area contributed by atoms with Gasteiger partial charge in [-0.25, -0.2) is 12.7 Å². The minimum absolute atomic E-state index is 0.0490. The van der Waals surface area contributed by atoms with Crippen LogP contribution in [0.5, 0.6) is 0 Å². The summed E-state index contributed by atoms with van der Waals surface area (Å²) in [6, 6.07) is 9.24. The molecule has 24 heavy (non-hydrogen) atoms. The molecule has 0 aromatic heterocycles. The number of carbonyl (C=O) groups is 1. The van der Waals surface area contributed by atoms with Crippen LogP contribution in [0.2, 0.25) is 0 Å². The van der Waals surface area contributed by atoms with Gasteiger partial charge in [0.05, 0.1) is 17.4 Å². The fraction of sp³-hybridized carbons (Fsp3) is 0.529. The number of nitrogens with zero attached hydrogens (tertiary/aromatic N) is 3. The summed E-state index contributed by atoms with van der Waals surface area (Å²) < 4.78 is 25.2. The molecule has 0 atom stereocenters. The monoisotopic (exact) mass is 349 g/mol. The second kappa shape index (κ2) is 7.77. The SMILES string of the molecule is CCS(=O)(=O)N1CCC(C(=O)N(C)Cc2ccc(C#N)cc2)CC1. The first-order valence-corrected chi connectivity index (χ1v) is 9.70. The lowest BCUT2D eigenvalue weighted by Crippen LogP contribution is -2.43. The number of hydrogen-bond donors (Lipinski definition) is 0. The zero-order valence-electron chi connectivity index (χ0n) is 14.1.